The zero-order chi connectivity index (χ0) is 18.1. The summed E-state index contributed by atoms with van der Waals surface area (Å²) >= 11 is 0. The lowest BCUT2D eigenvalue weighted by molar-refractivity contribution is 0.0131. The van der Waals surface area contributed by atoms with E-state index >= 15 is 0 Å². The minimum absolute atomic E-state index is 0.468. The Morgan fingerprint density at radius 1 is 1.24 bits per heavy atom. The first-order chi connectivity index (χ1) is 12.1. The van der Waals surface area contributed by atoms with Crippen molar-refractivity contribution in [3.63, 3.8) is 0 Å². The normalized spacial score (nSPS) is 17.2. The lowest BCUT2D eigenvalue weighted by Gasteiger charge is -2.30. The summed E-state index contributed by atoms with van der Waals surface area (Å²) in [4.78, 5) is 4.61. The summed E-state index contributed by atoms with van der Waals surface area (Å²) in [6, 6.07) is 6.24. The molecule has 140 valence electrons. The van der Waals surface area contributed by atoms with Crippen molar-refractivity contribution in [3.05, 3.63) is 29.3 Å². The minimum Gasteiger partial charge on any atom is -0.496 e. The Morgan fingerprint density at radius 3 is 2.68 bits per heavy atom. The van der Waals surface area contributed by atoms with Crippen molar-refractivity contribution in [1.29, 1.82) is 0 Å². The lowest BCUT2D eigenvalue weighted by Crippen LogP contribution is -2.41. The number of aryl methyl sites for hydroxylation is 1. The molecule has 1 fully saturated rings. The van der Waals surface area contributed by atoms with Crippen LogP contribution < -0.4 is 15.4 Å². The molecule has 0 aromatic heterocycles. The quantitative estimate of drug-likeness (QED) is 0.524. The van der Waals surface area contributed by atoms with Crippen LogP contribution in [0.2, 0.25) is 0 Å². The monoisotopic (exact) mass is 347 g/mol. The van der Waals surface area contributed by atoms with Gasteiger partial charge in [-0.1, -0.05) is 37.0 Å². The molecule has 0 unspecified atom stereocenters. The Morgan fingerprint density at radius 2 is 2.00 bits per heavy atom. The van der Waals surface area contributed by atoms with Gasteiger partial charge < -0.3 is 20.5 Å². The van der Waals surface area contributed by atoms with Crippen LogP contribution in [0.3, 0.4) is 0 Å². The van der Waals surface area contributed by atoms with Gasteiger partial charge in [-0.05, 0) is 44.7 Å². The van der Waals surface area contributed by atoms with Crippen LogP contribution >= 0.6 is 0 Å². The molecule has 0 amide bonds. The molecule has 0 aliphatic heterocycles. The third-order valence-corrected chi connectivity index (χ3v) is 4.78. The second-order valence-corrected chi connectivity index (χ2v) is 6.97. The first-order valence-corrected chi connectivity index (χ1v) is 9.44. The highest BCUT2D eigenvalue weighted by atomic mass is 16.5. The number of hydrogen-bond acceptors (Lipinski definition) is 3. The summed E-state index contributed by atoms with van der Waals surface area (Å²) < 4.78 is 5.44. The SMILES string of the molecule is CCNC(=NCC1(O)CCCCC1)NCCc1cc(C)ccc1OC. The average molecular weight is 348 g/mol. The fourth-order valence-electron chi connectivity index (χ4n) is 3.35. The van der Waals surface area contributed by atoms with Crippen LogP contribution in [0, 0.1) is 6.92 Å². The van der Waals surface area contributed by atoms with E-state index in [0.717, 1.165) is 56.9 Å². The summed E-state index contributed by atoms with van der Waals surface area (Å²) in [6.45, 7) is 6.18. The Bertz CT molecular complexity index is 566. The van der Waals surface area contributed by atoms with Crippen molar-refractivity contribution >= 4 is 5.96 Å². The van der Waals surface area contributed by atoms with Gasteiger partial charge in [0.25, 0.3) is 0 Å². The number of benzene rings is 1. The van der Waals surface area contributed by atoms with Gasteiger partial charge in [-0.15, -0.1) is 0 Å². The third kappa shape index (κ3) is 6.24. The van der Waals surface area contributed by atoms with E-state index in [-0.39, 0.29) is 0 Å². The van der Waals surface area contributed by atoms with Gasteiger partial charge in [-0.2, -0.15) is 0 Å². The maximum absolute atomic E-state index is 10.6. The Labute approximate surface area is 151 Å². The number of rotatable bonds is 7. The fraction of sp³-hybridized carbons (Fsp3) is 0.650. The maximum atomic E-state index is 10.6. The first kappa shape index (κ1) is 19.6. The number of ether oxygens (including phenoxy) is 1. The predicted octanol–water partition coefficient (Wildman–Crippen LogP) is 2.80. The van der Waals surface area contributed by atoms with Crippen LogP contribution in [-0.2, 0) is 6.42 Å². The van der Waals surface area contributed by atoms with E-state index in [9.17, 15) is 5.11 Å². The molecule has 0 radical (unpaired) electrons. The molecule has 1 saturated carbocycles. The molecule has 1 aromatic rings. The summed E-state index contributed by atoms with van der Waals surface area (Å²) in [6.07, 6.45) is 6.00. The molecule has 3 N–H and O–H groups in total. The van der Waals surface area contributed by atoms with Gasteiger partial charge >= 0.3 is 0 Å². The highest BCUT2D eigenvalue weighted by Crippen LogP contribution is 2.28. The van der Waals surface area contributed by atoms with Crippen LogP contribution in [0.5, 0.6) is 5.75 Å². The summed E-state index contributed by atoms with van der Waals surface area (Å²) in [5, 5.41) is 17.2. The van der Waals surface area contributed by atoms with E-state index in [4.69, 9.17) is 4.74 Å². The Hall–Kier alpha value is -1.75. The number of hydrogen-bond donors (Lipinski definition) is 3. The summed E-state index contributed by atoms with van der Waals surface area (Å²) in [5.74, 6) is 1.69. The molecule has 5 nitrogen and oxygen atoms in total. The summed E-state index contributed by atoms with van der Waals surface area (Å²) in [5.41, 5.74) is 1.80. The van der Waals surface area contributed by atoms with Crippen LogP contribution in [0.25, 0.3) is 0 Å². The van der Waals surface area contributed by atoms with E-state index < -0.39 is 5.60 Å². The zero-order valence-electron chi connectivity index (χ0n) is 15.9. The fourth-order valence-corrected chi connectivity index (χ4v) is 3.35. The molecular weight excluding hydrogens is 314 g/mol. The molecule has 0 heterocycles. The number of guanidine groups is 1. The molecule has 0 saturated heterocycles. The zero-order valence-corrected chi connectivity index (χ0v) is 15.9. The van der Waals surface area contributed by atoms with E-state index in [1.807, 2.05) is 6.07 Å². The number of aliphatic imine (C=N–C) groups is 1. The molecule has 0 atom stereocenters. The number of aliphatic hydroxyl groups is 1. The Kier molecular flexibility index (Phi) is 7.56. The lowest BCUT2D eigenvalue weighted by atomic mass is 9.85. The van der Waals surface area contributed by atoms with Crippen molar-refractivity contribution in [2.24, 2.45) is 4.99 Å². The molecule has 2 rings (SSSR count). The van der Waals surface area contributed by atoms with E-state index in [1.165, 1.54) is 17.5 Å². The van der Waals surface area contributed by atoms with Crippen molar-refractivity contribution in [2.75, 3.05) is 26.7 Å². The minimum atomic E-state index is -0.625. The van der Waals surface area contributed by atoms with Crippen LogP contribution in [0.4, 0.5) is 0 Å². The van der Waals surface area contributed by atoms with Gasteiger partial charge in [-0.25, -0.2) is 0 Å². The number of nitrogens with one attached hydrogen (secondary N) is 2. The predicted molar refractivity (Wildman–Crippen MR) is 103 cm³/mol. The molecule has 25 heavy (non-hydrogen) atoms. The first-order valence-electron chi connectivity index (χ1n) is 9.44. The third-order valence-electron chi connectivity index (χ3n) is 4.78. The average Bonchev–Trinajstić information content (AvgIpc) is 2.60. The molecule has 0 spiro atoms. The standard InChI is InChI=1S/C20H33N3O2/c1-4-21-19(23-15-20(24)11-6-5-7-12-20)22-13-10-17-14-16(2)8-9-18(17)25-3/h8-9,14,24H,4-7,10-13,15H2,1-3H3,(H2,21,22,23). The van der Waals surface area contributed by atoms with Crippen LogP contribution in [0.15, 0.2) is 23.2 Å². The van der Waals surface area contributed by atoms with Crippen molar-refractivity contribution < 1.29 is 9.84 Å². The number of methoxy groups -OCH3 is 1. The number of nitrogens with zero attached hydrogens (tertiary/aromatic N) is 1. The summed E-state index contributed by atoms with van der Waals surface area (Å²) in [7, 11) is 1.71. The second kappa shape index (κ2) is 9.66. The smallest absolute Gasteiger partial charge is 0.191 e. The molecule has 5 heteroatoms. The van der Waals surface area contributed by atoms with Gasteiger partial charge in [0, 0.05) is 13.1 Å². The van der Waals surface area contributed by atoms with E-state index in [2.05, 4.69) is 41.6 Å². The van der Waals surface area contributed by atoms with Gasteiger partial charge in [0.05, 0.1) is 19.3 Å². The highest BCUT2D eigenvalue weighted by molar-refractivity contribution is 5.79. The van der Waals surface area contributed by atoms with E-state index in [1.54, 1.807) is 7.11 Å². The van der Waals surface area contributed by atoms with Crippen LogP contribution in [0.1, 0.15) is 50.2 Å². The van der Waals surface area contributed by atoms with Gasteiger partial charge in [0.2, 0.25) is 0 Å². The molecule has 1 aliphatic carbocycles. The highest BCUT2D eigenvalue weighted by Gasteiger charge is 2.28. The topological polar surface area (TPSA) is 65.9 Å². The molecule has 1 aliphatic rings. The second-order valence-electron chi connectivity index (χ2n) is 6.97. The molecule has 1 aromatic carbocycles. The van der Waals surface area contributed by atoms with Crippen molar-refractivity contribution in [1.82, 2.24) is 10.6 Å². The van der Waals surface area contributed by atoms with Gasteiger partial charge in [-0.3, -0.25) is 4.99 Å². The largest absolute Gasteiger partial charge is 0.496 e. The molecule has 0 bridgehead atoms. The Balaban J connectivity index is 1.90. The van der Waals surface area contributed by atoms with Crippen molar-refractivity contribution in [3.8, 4) is 5.75 Å². The van der Waals surface area contributed by atoms with Gasteiger partial charge in [0.15, 0.2) is 5.96 Å². The van der Waals surface area contributed by atoms with Crippen LogP contribution in [-0.4, -0.2) is 43.4 Å². The van der Waals surface area contributed by atoms with Crippen molar-refractivity contribution in [2.45, 2.75) is 58.0 Å². The molecular formula is C20H33N3O2. The van der Waals surface area contributed by atoms with Gasteiger partial charge in [0.1, 0.15) is 5.75 Å². The maximum Gasteiger partial charge on any atom is 0.191 e. The van der Waals surface area contributed by atoms with E-state index in [0.29, 0.717) is 6.54 Å².